The van der Waals surface area contributed by atoms with Crippen LogP contribution in [-0.4, -0.2) is 30.1 Å². The van der Waals surface area contributed by atoms with E-state index in [0.717, 1.165) is 23.8 Å². The molecule has 2 N–H and O–H groups in total. The van der Waals surface area contributed by atoms with Gasteiger partial charge < -0.3 is 10.6 Å². The molecule has 2 nitrogen and oxygen atoms in total. The van der Waals surface area contributed by atoms with Gasteiger partial charge in [-0.3, -0.25) is 0 Å². The Morgan fingerprint density at radius 3 is 2.31 bits per heavy atom. The number of likely N-dealkylation sites (tertiary alicyclic amines) is 1. The molecular weight excluding hydrogens is 196 g/mol. The van der Waals surface area contributed by atoms with E-state index in [0.29, 0.717) is 6.04 Å². The van der Waals surface area contributed by atoms with Gasteiger partial charge in [0.2, 0.25) is 0 Å². The highest BCUT2D eigenvalue weighted by molar-refractivity contribution is 4.96. The van der Waals surface area contributed by atoms with Gasteiger partial charge in [0.05, 0.1) is 0 Å². The molecule has 3 rings (SSSR count). The first-order chi connectivity index (χ1) is 7.74. The molecule has 0 aromatic heterocycles. The Bertz CT molecular complexity index is 243. The van der Waals surface area contributed by atoms with Crippen LogP contribution in [0.15, 0.2) is 0 Å². The van der Waals surface area contributed by atoms with Crippen LogP contribution in [0.4, 0.5) is 0 Å². The minimum absolute atomic E-state index is 0.405. The highest BCUT2D eigenvalue weighted by atomic mass is 15.2. The number of rotatable bonds is 2. The Kier molecular flexibility index (Phi) is 2.97. The Morgan fingerprint density at radius 1 is 1.06 bits per heavy atom. The highest BCUT2D eigenvalue weighted by Crippen LogP contribution is 2.47. The third-order valence-corrected chi connectivity index (χ3v) is 5.49. The number of hydrogen-bond donors (Lipinski definition) is 1. The molecule has 2 saturated carbocycles. The van der Waals surface area contributed by atoms with Gasteiger partial charge in [0, 0.05) is 12.1 Å². The van der Waals surface area contributed by atoms with Crippen LogP contribution in [0, 0.1) is 17.8 Å². The summed E-state index contributed by atoms with van der Waals surface area (Å²) in [6.07, 6.45) is 8.77. The van der Waals surface area contributed by atoms with E-state index in [9.17, 15) is 0 Å². The van der Waals surface area contributed by atoms with Crippen molar-refractivity contribution in [3.05, 3.63) is 0 Å². The molecule has 0 aromatic carbocycles. The largest absolute Gasteiger partial charge is 0.328 e. The molecule has 3 aliphatic rings. The first kappa shape index (κ1) is 11.0. The smallest absolute Gasteiger partial charge is 0.0126 e. The van der Waals surface area contributed by atoms with Crippen LogP contribution in [0.25, 0.3) is 0 Å². The molecule has 1 saturated heterocycles. The maximum absolute atomic E-state index is 6.01. The molecule has 0 aromatic rings. The zero-order valence-corrected chi connectivity index (χ0v) is 10.6. The molecule has 4 atom stereocenters. The number of nitrogens with zero attached hydrogens (tertiary/aromatic N) is 1. The second kappa shape index (κ2) is 4.30. The Balaban J connectivity index is 1.54. The zero-order valence-electron chi connectivity index (χ0n) is 10.6. The van der Waals surface area contributed by atoms with Gasteiger partial charge in [-0.15, -0.1) is 0 Å². The Morgan fingerprint density at radius 2 is 1.81 bits per heavy atom. The van der Waals surface area contributed by atoms with Crippen LogP contribution in [-0.2, 0) is 0 Å². The second-order valence-electron chi connectivity index (χ2n) is 6.47. The van der Waals surface area contributed by atoms with E-state index >= 15 is 0 Å². The van der Waals surface area contributed by atoms with Crippen molar-refractivity contribution in [3.8, 4) is 0 Å². The van der Waals surface area contributed by atoms with E-state index in [1.807, 2.05) is 0 Å². The minimum atomic E-state index is 0.405. The van der Waals surface area contributed by atoms with Gasteiger partial charge in [0.25, 0.3) is 0 Å². The quantitative estimate of drug-likeness (QED) is 0.776. The van der Waals surface area contributed by atoms with Crippen LogP contribution in [0.3, 0.4) is 0 Å². The van der Waals surface area contributed by atoms with Crippen LogP contribution in [0.2, 0.25) is 0 Å². The topological polar surface area (TPSA) is 29.3 Å². The monoisotopic (exact) mass is 222 g/mol. The van der Waals surface area contributed by atoms with Crippen molar-refractivity contribution in [1.29, 1.82) is 0 Å². The van der Waals surface area contributed by atoms with Crippen molar-refractivity contribution < 1.29 is 0 Å². The molecular formula is C14H26N2. The molecule has 92 valence electrons. The lowest BCUT2D eigenvalue weighted by Crippen LogP contribution is -2.46. The maximum Gasteiger partial charge on any atom is 0.0126 e. The summed E-state index contributed by atoms with van der Waals surface area (Å²) in [4.78, 5) is 2.79. The van der Waals surface area contributed by atoms with Gasteiger partial charge in [-0.1, -0.05) is 6.42 Å². The molecule has 2 aliphatic carbocycles. The molecule has 1 heterocycles. The average Bonchev–Trinajstić information content (AvgIpc) is 2.91. The predicted molar refractivity (Wildman–Crippen MR) is 67.2 cm³/mol. The van der Waals surface area contributed by atoms with E-state index in [2.05, 4.69) is 11.8 Å². The van der Waals surface area contributed by atoms with Crippen LogP contribution in [0.5, 0.6) is 0 Å². The van der Waals surface area contributed by atoms with Crippen LogP contribution in [0.1, 0.15) is 45.4 Å². The first-order valence-electron chi connectivity index (χ1n) is 7.23. The normalized spacial score (nSPS) is 42.8. The van der Waals surface area contributed by atoms with Gasteiger partial charge >= 0.3 is 0 Å². The van der Waals surface area contributed by atoms with Crippen LogP contribution < -0.4 is 5.73 Å². The fourth-order valence-corrected chi connectivity index (χ4v) is 4.44. The molecule has 1 aliphatic heterocycles. The molecule has 16 heavy (non-hydrogen) atoms. The van der Waals surface area contributed by atoms with Crippen molar-refractivity contribution in [1.82, 2.24) is 4.90 Å². The molecule has 0 amide bonds. The number of hydrogen-bond acceptors (Lipinski definition) is 2. The van der Waals surface area contributed by atoms with Crippen molar-refractivity contribution in [2.45, 2.75) is 57.5 Å². The summed E-state index contributed by atoms with van der Waals surface area (Å²) in [5.74, 6) is 2.92. The fourth-order valence-electron chi connectivity index (χ4n) is 4.44. The third-order valence-electron chi connectivity index (χ3n) is 5.49. The summed E-state index contributed by atoms with van der Waals surface area (Å²) in [6.45, 7) is 4.82. The van der Waals surface area contributed by atoms with Crippen molar-refractivity contribution in [2.24, 2.45) is 23.5 Å². The zero-order chi connectivity index (χ0) is 11.1. The summed E-state index contributed by atoms with van der Waals surface area (Å²) in [6, 6.07) is 1.36. The van der Waals surface area contributed by atoms with E-state index in [1.54, 1.807) is 0 Å². The van der Waals surface area contributed by atoms with E-state index in [4.69, 9.17) is 5.73 Å². The number of nitrogens with two attached hydrogens (primary N) is 1. The summed E-state index contributed by atoms with van der Waals surface area (Å²) in [5.41, 5.74) is 6.01. The maximum atomic E-state index is 6.01. The molecule has 0 spiro atoms. The second-order valence-corrected chi connectivity index (χ2v) is 6.47. The summed E-state index contributed by atoms with van der Waals surface area (Å²) in [7, 11) is 0. The predicted octanol–water partition coefficient (Wildman–Crippen LogP) is 2.23. The summed E-state index contributed by atoms with van der Waals surface area (Å²) in [5, 5.41) is 0. The molecule has 2 heteroatoms. The lowest BCUT2D eigenvalue weighted by molar-refractivity contribution is 0.0914. The minimum Gasteiger partial charge on any atom is -0.328 e. The molecule has 4 unspecified atom stereocenters. The van der Waals surface area contributed by atoms with E-state index in [-0.39, 0.29) is 0 Å². The van der Waals surface area contributed by atoms with Crippen molar-refractivity contribution >= 4 is 0 Å². The summed E-state index contributed by atoms with van der Waals surface area (Å²) < 4.78 is 0. The number of fused-ring (bicyclic) bond motifs is 2. The van der Waals surface area contributed by atoms with Gasteiger partial charge in [0.15, 0.2) is 0 Å². The molecule has 3 fully saturated rings. The van der Waals surface area contributed by atoms with Crippen LogP contribution >= 0.6 is 0 Å². The van der Waals surface area contributed by atoms with Gasteiger partial charge in [-0.25, -0.2) is 0 Å². The highest BCUT2D eigenvalue weighted by Gasteiger charge is 2.42. The molecule has 0 radical (unpaired) electrons. The van der Waals surface area contributed by atoms with E-state index in [1.165, 1.54) is 51.6 Å². The van der Waals surface area contributed by atoms with Gasteiger partial charge in [-0.05, 0) is 69.9 Å². The van der Waals surface area contributed by atoms with Crippen molar-refractivity contribution in [2.75, 3.05) is 13.1 Å². The Labute approximate surface area is 99.6 Å². The summed E-state index contributed by atoms with van der Waals surface area (Å²) >= 11 is 0. The standard InChI is InChI=1S/C14H26N2/c1-10(15)12-4-6-16(7-5-12)14-9-11-2-3-13(14)8-11/h10-14H,2-9,15H2,1H3. The van der Waals surface area contributed by atoms with E-state index < -0.39 is 0 Å². The lowest BCUT2D eigenvalue weighted by Gasteiger charge is -2.40. The number of piperidine rings is 1. The van der Waals surface area contributed by atoms with Gasteiger partial charge in [0.1, 0.15) is 0 Å². The first-order valence-corrected chi connectivity index (χ1v) is 7.23. The lowest BCUT2D eigenvalue weighted by atomic mass is 9.87. The SMILES string of the molecule is CC(N)C1CCN(C2CC3CCC2C3)CC1. The third kappa shape index (κ3) is 1.91. The fraction of sp³-hybridized carbons (Fsp3) is 1.00. The average molecular weight is 222 g/mol. The molecule has 2 bridgehead atoms. The Hall–Kier alpha value is -0.0800. The van der Waals surface area contributed by atoms with Gasteiger partial charge in [-0.2, -0.15) is 0 Å². The van der Waals surface area contributed by atoms with Crippen molar-refractivity contribution in [3.63, 3.8) is 0 Å².